The van der Waals surface area contributed by atoms with Gasteiger partial charge in [-0.15, -0.1) is 0 Å². The van der Waals surface area contributed by atoms with Gasteiger partial charge >= 0.3 is 6.09 Å². The summed E-state index contributed by atoms with van der Waals surface area (Å²) in [6.07, 6.45) is 2.28. The Morgan fingerprint density at radius 1 is 1.52 bits per heavy atom. The van der Waals surface area contributed by atoms with Crippen molar-refractivity contribution in [1.82, 2.24) is 9.88 Å². The first-order chi connectivity index (χ1) is 9.78. The Labute approximate surface area is 126 Å². The van der Waals surface area contributed by atoms with Gasteiger partial charge in [0.1, 0.15) is 17.5 Å². The van der Waals surface area contributed by atoms with Crippen molar-refractivity contribution in [2.24, 2.45) is 0 Å². The molecular formula is C16H24N2O3. The van der Waals surface area contributed by atoms with Crippen LogP contribution in [0.3, 0.4) is 0 Å². The van der Waals surface area contributed by atoms with Crippen molar-refractivity contribution in [2.45, 2.75) is 59.3 Å². The van der Waals surface area contributed by atoms with Crippen molar-refractivity contribution >= 4 is 6.09 Å². The number of nitrogens with zero attached hydrogens (tertiary/aromatic N) is 2. The molecular weight excluding hydrogens is 268 g/mol. The maximum Gasteiger partial charge on any atom is 0.410 e. The number of amides is 1. The summed E-state index contributed by atoms with van der Waals surface area (Å²) < 4.78 is 11.5. The molecule has 0 aromatic carbocycles. The van der Waals surface area contributed by atoms with Crippen LogP contribution in [-0.2, 0) is 11.3 Å². The molecule has 21 heavy (non-hydrogen) atoms. The number of pyridine rings is 1. The third kappa shape index (κ3) is 4.09. The molecule has 0 fully saturated rings. The second-order valence-corrected chi connectivity index (χ2v) is 6.44. The van der Waals surface area contributed by atoms with Crippen molar-refractivity contribution in [3.05, 3.63) is 23.5 Å². The van der Waals surface area contributed by atoms with Gasteiger partial charge in [-0.05, 0) is 34.1 Å². The predicted molar refractivity (Wildman–Crippen MR) is 80.3 cm³/mol. The number of hydrogen-bond donors (Lipinski definition) is 0. The predicted octanol–water partition coefficient (Wildman–Crippen LogP) is 3.30. The Morgan fingerprint density at radius 3 is 2.86 bits per heavy atom. The Balaban J connectivity index is 2.24. The maximum atomic E-state index is 12.3. The van der Waals surface area contributed by atoms with Gasteiger partial charge in [-0.1, -0.05) is 6.92 Å². The number of rotatable bonds is 1. The summed E-state index contributed by atoms with van der Waals surface area (Å²) in [4.78, 5) is 18.3. The largest absolute Gasteiger partial charge is 0.488 e. The number of carbonyl (C=O) groups is 1. The summed E-state index contributed by atoms with van der Waals surface area (Å²) in [6, 6.07) is 1.93. The molecule has 1 aliphatic rings. The van der Waals surface area contributed by atoms with Gasteiger partial charge in [0.2, 0.25) is 0 Å². The van der Waals surface area contributed by atoms with Crippen LogP contribution in [0, 0.1) is 6.92 Å². The van der Waals surface area contributed by atoms with Crippen molar-refractivity contribution in [1.29, 1.82) is 0 Å². The minimum Gasteiger partial charge on any atom is -0.488 e. The van der Waals surface area contributed by atoms with Gasteiger partial charge in [-0.2, -0.15) is 0 Å². The fraction of sp³-hybridized carbons (Fsp3) is 0.625. The Morgan fingerprint density at radius 2 is 2.24 bits per heavy atom. The topological polar surface area (TPSA) is 51.7 Å². The second kappa shape index (κ2) is 5.92. The van der Waals surface area contributed by atoms with Gasteiger partial charge in [0, 0.05) is 23.5 Å². The second-order valence-electron chi connectivity index (χ2n) is 6.44. The van der Waals surface area contributed by atoms with E-state index in [1.165, 1.54) is 0 Å². The number of carbonyl (C=O) groups excluding carboxylic acids is 1. The molecule has 0 spiro atoms. The van der Waals surface area contributed by atoms with Crippen LogP contribution < -0.4 is 4.74 Å². The third-order valence-corrected chi connectivity index (χ3v) is 3.27. The van der Waals surface area contributed by atoms with E-state index in [4.69, 9.17) is 9.47 Å². The Bertz CT molecular complexity index is 523. The van der Waals surface area contributed by atoms with Crippen molar-refractivity contribution in [3.8, 4) is 5.75 Å². The fourth-order valence-corrected chi connectivity index (χ4v) is 2.20. The van der Waals surface area contributed by atoms with Crippen LogP contribution >= 0.6 is 0 Å². The molecule has 5 heteroatoms. The SMILES string of the molecule is CC[C@@H]1CN(C(=O)OC(C)(C)C)Cc2cnc(C)cc2O1. The Hall–Kier alpha value is -1.78. The van der Waals surface area contributed by atoms with Gasteiger partial charge < -0.3 is 9.47 Å². The first-order valence-electron chi connectivity index (χ1n) is 7.38. The normalized spacial score (nSPS) is 18.5. The van der Waals surface area contributed by atoms with Crippen LogP contribution in [0.2, 0.25) is 0 Å². The zero-order valence-corrected chi connectivity index (χ0v) is 13.5. The molecule has 2 heterocycles. The summed E-state index contributed by atoms with van der Waals surface area (Å²) in [5.41, 5.74) is 1.33. The molecule has 0 bridgehead atoms. The fourth-order valence-electron chi connectivity index (χ4n) is 2.20. The molecule has 5 nitrogen and oxygen atoms in total. The van der Waals surface area contributed by atoms with Crippen LogP contribution in [-0.4, -0.2) is 34.2 Å². The monoisotopic (exact) mass is 292 g/mol. The standard InChI is InChI=1S/C16H24N2O3/c1-6-13-10-18(15(19)21-16(3,4)5)9-12-8-17-11(2)7-14(12)20-13/h7-8,13H,6,9-10H2,1-5H3/t13-/m1/s1. The van der Waals surface area contributed by atoms with E-state index in [0.29, 0.717) is 13.1 Å². The van der Waals surface area contributed by atoms with Gasteiger partial charge in [0.15, 0.2) is 0 Å². The first kappa shape index (κ1) is 15.6. The van der Waals surface area contributed by atoms with Crippen molar-refractivity contribution in [3.63, 3.8) is 0 Å². The molecule has 2 rings (SSSR count). The lowest BCUT2D eigenvalue weighted by Gasteiger charge is -2.27. The molecule has 1 aromatic rings. The number of ether oxygens (including phenoxy) is 2. The van der Waals surface area contributed by atoms with Crippen LogP contribution in [0.25, 0.3) is 0 Å². The van der Waals surface area contributed by atoms with Gasteiger partial charge in [0.25, 0.3) is 0 Å². The molecule has 0 unspecified atom stereocenters. The minimum atomic E-state index is -0.500. The van der Waals surface area contributed by atoms with E-state index in [-0.39, 0.29) is 12.2 Å². The molecule has 0 N–H and O–H groups in total. The molecule has 0 aliphatic carbocycles. The van der Waals surface area contributed by atoms with Crippen molar-refractivity contribution < 1.29 is 14.3 Å². The molecule has 1 atom stereocenters. The van der Waals surface area contributed by atoms with Crippen LogP contribution in [0.4, 0.5) is 4.79 Å². The zero-order valence-electron chi connectivity index (χ0n) is 13.5. The van der Waals surface area contributed by atoms with E-state index < -0.39 is 5.60 Å². The molecule has 1 amide bonds. The summed E-state index contributed by atoms with van der Waals surface area (Å²) >= 11 is 0. The highest BCUT2D eigenvalue weighted by molar-refractivity contribution is 5.68. The van der Waals surface area contributed by atoms with Crippen LogP contribution in [0.15, 0.2) is 12.3 Å². The smallest absolute Gasteiger partial charge is 0.410 e. The molecule has 116 valence electrons. The van der Waals surface area contributed by atoms with Crippen LogP contribution in [0.1, 0.15) is 45.4 Å². The lowest BCUT2D eigenvalue weighted by molar-refractivity contribution is 0.0177. The average molecular weight is 292 g/mol. The van der Waals surface area contributed by atoms with E-state index in [0.717, 1.165) is 23.4 Å². The third-order valence-electron chi connectivity index (χ3n) is 3.27. The summed E-state index contributed by atoms with van der Waals surface area (Å²) in [5, 5.41) is 0. The lowest BCUT2D eigenvalue weighted by Crippen LogP contribution is -2.40. The number of hydrogen-bond acceptors (Lipinski definition) is 4. The molecule has 0 radical (unpaired) electrons. The van der Waals surface area contributed by atoms with E-state index in [1.807, 2.05) is 33.8 Å². The first-order valence-corrected chi connectivity index (χ1v) is 7.38. The van der Waals surface area contributed by atoms with Gasteiger partial charge in [0.05, 0.1) is 13.1 Å². The van der Waals surface area contributed by atoms with E-state index in [2.05, 4.69) is 11.9 Å². The van der Waals surface area contributed by atoms with Gasteiger partial charge in [-0.3, -0.25) is 9.88 Å². The molecule has 0 saturated carbocycles. The van der Waals surface area contributed by atoms with E-state index >= 15 is 0 Å². The molecule has 1 aliphatic heterocycles. The highest BCUT2D eigenvalue weighted by Gasteiger charge is 2.28. The number of fused-ring (bicyclic) bond motifs is 1. The highest BCUT2D eigenvalue weighted by Crippen LogP contribution is 2.27. The summed E-state index contributed by atoms with van der Waals surface area (Å²) in [5.74, 6) is 0.820. The summed E-state index contributed by atoms with van der Waals surface area (Å²) in [7, 11) is 0. The maximum absolute atomic E-state index is 12.3. The van der Waals surface area contributed by atoms with E-state index in [9.17, 15) is 4.79 Å². The lowest BCUT2D eigenvalue weighted by atomic mass is 10.2. The average Bonchev–Trinajstić information content (AvgIpc) is 2.55. The highest BCUT2D eigenvalue weighted by atomic mass is 16.6. The minimum absolute atomic E-state index is 0.0273. The Kier molecular flexibility index (Phi) is 4.40. The van der Waals surface area contributed by atoms with E-state index in [1.54, 1.807) is 11.1 Å². The van der Waals surface area contributed by atoms with Crippen molar-refractivity contribution in [2.75, 3.05) is 6.54 Å². The zero-order chi connectivity index (χ0) is 15.6. The van der Waals surface area contributed by atoms with Gasteiger partial charge in [-0.25, -0.2) is 4.79 Å². The molecule has 1 aromatic heterocycles. The van der Waals surface area contributed by atoms with Crippen LogP contribution in [0.5, 0.6) is 5.75 Å². The number of aryl methyl sites for hydroxylation is 1. The number of aromatic nitrogens is 1. The quantitative estimate of drug-likeness (QED) is 0.797. The molecule has 0 saturated heterocycles. The summed E-state index contributed by atoms with van der Waals surface area (Å²) in [6.45, 7) is 10.6.